The van der Waals surface area contributed by atoms with Gasteiger partial charge in [0.1, 0.15) is 11.6 Å². The van der Waals surface area contributed by atoms with Crippen LogP contribution in [0.1, 0.15) is 92.3 Å². The molecule has 0 aliphatic heterocycles. The number of hydrogen-bond acceptors (Lipinski definition) is 5. The third kappa shape index (κ3) is 6.55. The molecule has 0 saturated heterocycles. The maximum Gasteiger partial charge on any atom is 0.271 e. The summed E-state index contributed by atoms with van der Waals surface area (Å²) in [7, 11) is 0. The van der Waals surface area contributed by atoms with Crippen molar-refractivity contribution in [2.45, 2.75) is 78.7 Å². The van der Waals surface area contributed by atoms with Gasteiger partial charge in [0, 0.05) is 12.1 Å². The largest absolute Gasteiger partial charge is 0.494 e. The van der Waals surface area contributed by atoms with Crippen LogP contribution in [-0.4, -0.2) is 22.1 Å². The highest BCUT2D eigenvalue weighted by Crippen LogP contribution is 2.36. The van der Waals surface area contributed by atoms with Gasteiger partial charge in [-0.15, -0.1) is 0 Å². The van der Waals surface area contributed by atoms with E-state index in [2.05, 4.69) is 13.8 Å². The molecule has 0 fully saturated rings. The maximum atomic E-state index is 13.4. The van der Waals surface area contributed by atoms with Gasteiger partial charge in [-0.3, -0.25) is 14.2 Å². The van der Waals surface area contributed by atoms with Gasteiger partial charge in [0.05, 0.1) is 22.2 Å². The first-order chi connectivity index (χ1) is 16.3. The van der Waals surface area contributed by atoms with E-state index in [1.54, 1.807) is 0 Å². The summed E-state index contributed by atoms with van der Waals surface area (Å²) >= 11 is 12.7. The van der Waals surface area contributed by atoms with Crippen molar-refractivity contribution in [3.8, 4) is 17.7 Å². The quantitative estimate of drug-likeness (QED) is 0.238. The molecule has 0 atom stereocenters. The summed E-state index contributed by atoms with van der Waals surface area (Å²) < 4.78 is 6.83. The summed E-state index contributed by atoms with van der Waals surface area (Å²) in [5.74, 6) is -0.727. The summed E-state index contributed by atoms with van der Waals surface area (Å²) in [5.41, 5.74) is -0.614. The Morgan fingerprint density at radius 1 is 1.06 bits per heavy atom. The second kappa shape index (κ2) is 13.4. The average Bonchev–Trinajstić information content (AvgIpc) is 2.80. The molecule has 34 heavy (non-hydrogen) atoms. The van der Waals surface area contributed by atoms with E-state index in [1.807, 2.05) is 6.07 Å². The van der Waals surface area contributed by atoms with E-state index in [-0.39, 0.29) is 38.8 Å². The van der Waals surface area contributed by atoms with Gasteiger partial charge >= 0.3 is 0 Å². The number of aromatic hydroxyl groups is 1. The van der Waals surface area contributed by atoms with Crippen molar-refractivity contribution in [2.24, 2.45) is 0 Å². The van der Waals surface area contributed by atoms with Gasteiger partial charge in [-0.1, -0.05) is 75.6 Å². The third-order valence-electron chi connectivity index (χ3n) is 5.77. The van der Waals surface area contributed by atoms with Crippen molar-refractivity contribution >= 4 is 29.0 Å². The number of nitrogens with zero attached hydrogens (tertiary/aromatic N) is 2. The summed E-state index contributed by atoms with van der Waals surface area (Å²) in [6.45, 7) is 6.35. The van der Waals surface area contributed by atoms with Gasteiger partial charge in [-0.2, -0.15) is 5.26 Å². The number of halogens is 2. The number of nitriles is 1. The number of aromatic nitrogens is 1. The number of hydrogen-bond donors (Lipinski definition) is 1. The fourth-order valence-electron chi connectivity index (χ4n) is 3.80. The second-order valence-corrected chi connectivity index (χ2v) is 9.15. The normalized spacial score (nSPS) is 10.8. The first kappa shape index (κ1) is 27.8. The predicted molar refractivity (Wildman–Crippen MR) is 135 cm³/mol. The zero-order valence-corrected chi connectivity index (χ0v) is 21.6. The first-order valence-electron chi connectivity index (χ1n) is 11.8. The molecule has 1 N–H and O–H groups in total. The first-order valence-corrected chi connectivity index (χ1v) is 12.6. The van der Waals surface area contributed by atoms with Crippen molar-refractivity contribution in [3.05, 3.63) is 54.8 Å². The van der Waals surface area contributed by atoms with E-state index in [9.17, 15) is 20.0 Å². The zero-order chi connectivity index (χ0) is 25.3. The van der Waals surface area contributed by atoms with Gasteiger partial charge in [0.15, 0.2) is 11.5 Å². The lowest BCUT2D eigenvalue weighted by Crippen LogP contribution is -2.27. The Hall–Kier alpha value is -2.49. The number of pyridine rings is 1. The highest BCUT2D eigenvalue weighted by molar-refractivity contribution is 6.38. The zero-order valence-electron chi connectivity index (χ0n) is 20.0. The second-order valence-electron chi connectivity index (χ2n) is 8.34. The Balaban J connectivity index is 2.41. The minimum absolute atomic E-state index is 0.105. The Bertz CT molecular complexity index is 1100. The smallest absolute Gasteiger partial charge is 0.271 e. The number of unbranched alkanes of at least 4 members (excludes halogenated alkanes) is 6. The van der Waals surface area contributed by atoms with E-state index >= 15 is 0 Å². The van der Waals surface area contributed by atoms with Crippen molar-refractivity contribution in [3.63, 3.8) is 0 Å². The van der Waals surface area contributed by atoms with Gasteiger partial charge < -0.3 is 9.84 Å². The van der Waals surface area contributed by atoms with E-state index in [1.165, 1.54) is 19.1 Å². The molecule has 0 spiro atoms. The molecule has 2 aromatic rings. The summed E-state index contributed by atoms with van der Waals surface area (Å²) in [5, 5.41) is 20.8. The Labute approximate surface area is 211 Å². The molecule has 0 unspecified atom stereocenters. The van der Waals surface area contributed by atoms with Crippen LogP contribution in [0.4, 0.5) is 0 Å². The number of rotatable bonds is 13. The van der Waals surface area contributed by atoms with E-state index in [0.29, 0.717) is 18.8 Å². The Morgan fingerprint density at radius 3 is 2.21 bits per heavy atom. The Morgan fingerprint density at radius 2 is 1.65 bits per heavy atom. The van der Waals surface area contributed by atoms with Gasteiger partial charge in [0.25, 0.3) is 5.56 Å². The fourth-order valence-corrected chi connectivity index (χ4v) is 4.40. The molecule has 0 aliphatic carbocycles. The van der Waals surface area contributed by atoms with Gasteiger partial charge in [0.2, 0.25) is 5.88 Å². The molecular formula is C26H32Cl2N2O4. The van der Waals surface area contributed by atoms with Crippen LogP contribution in [-0.2, 0) is 6.54 Å². The lowest BCUT2D eigenvalue weighted by atomic mass is 9.97. The molecule has 2 rings (SSSR count). The van der Waals surface area contributed by atoms with Crippen LogP contribution in [0.5, 0.6) is 11.6 Å². The van der Waals surface area contributed by atoms with Crippen molar-refractivity contribution in [1.82, 2.24) is 4.57 Å². The van der Waals surface area contributed by atoms with Crippen LogP contribution in [0, 0.1) is 18.3 Å². The monoisotopic (exact) mass is 506 g/mol. The molecular weight excluding hydrogens is 475 g/mol. The van der Waals surface area contributed by atoms with Crippen LogP contribution < -0.4 is 10.3 Å². The lowest BCUT2D eigenvalue weighted by Gasteiger charge is -2.16. The number of benzene rings is 1. The third-order valence-corrected chi connectivity index (χ3v) is 6.33. The Kier molecular flexibility index (Phi) is 10.9. The number of ether oxygens (including phenoxy) is 1. The minimum Gasteiger partial charge on any atom is -0.494 e. The lowest BCUT2D eigenvalue weighted by molar-refractivity contribution is 0.103. The molecule has 0 aliphatic rings. The predicted octanol–water partition coefficient (Wildman–Crippen LogP) is 6.81. The molecule has 8 heteroatoms. The fraction of sp³-hybridized carbons (Fsp3) is 0.500. The molecule has 0 radical (unpaired) electrons. The van der Waals surface area contributed by atoms with Gasteiger partial charge in [-0.05, 0) is 37.5 Å². The summed E-state index contributed by atoms with van der Waals surface area (Å²) in [6.07, 6.45) is 7.65. The van der Waals surface area contributed by atoms with Crippen molar-refractivity contribution in [1.29, 1.82) is 5.26 Å². The SMILES string of the molecule is CCCCCCOc1c(Cl)cc(C(=O)c2c(C)c(C#N)c(=O)n(CCCCCC)c2O)cc1Cl. The van der Waals surface area contributed by atoms with E-state index < -0.39 is 17.2 Å². The van der Waals surface area contributed by atoms with Crippen LogP contribution >= 0.6 is 23.2 Å². The molecule has 1 heterocycles. The molecule has 184 valence electrons. The molecule has 0 saturated carbocycles. The van der Waals surface area contributed by atoms with Crippen LogP contribution in [0.3, 0.4) is 0 Å². The van der Waals surface area contributed by atoms with Crippen LogP contribution in [0.25, 0.3) is 0 Å². The van der Waals surface area contributed by atoms with Gasteiger partial charge in [-0.25, -0.2) is 0 Å². The maximum absolute atomic E-state index is 13.4. The van der Waals surface area contributed by atoms with Crippen molar-refractivity contribution in [2.75, 3.05) is 6.61 Å². The van der Waals surface area contributed by atoms with Crippen LogP contribution in [0.15, 0.2) is 16.9 Å². The van der Waals surface area contributed by atoms with E-state index in [4.69, 9.17) is 27.9 Å². The van der Waals surface area contributed by atoms with Crippen LogP contribution in [0.2, 0.25) is 10.0 Å². The number of carbonyl (C=O) groups excluding carboxylic acids is 1. The molecule has 0 bridgehead atoms. The van der Waals surface area contributed by atoms with E-state index in [0.717, 1.165) is 49.5 Å². The summed E-state index contributed by atoms with van der Waals surface area (Å²) in [6, 6.07) is 4.74. The summed E-state index contributed by atoms with van der Waals surface area (Å²) in [4.78, 5) is 26.1. The minimum atomic E-state index is -0.603. The molecule has 1 aromatic carbocycles. The molecule has 0 amide bonds. The number of ketones is 1. The standard InChI is InChI=1S/C26H32Cl2N2O4/c1-4-6-8-10-12-30-25(32)19(16-29)17(3)22(26(30)33)23(31)18-14-20(27)24(21(28)15-18)34-13-11-9-7-5-2/h14-15,33H,4-13H2,1-3H3. The highest BCUT2D eigenvalue weighted by Gasteiger charge is 2.26. The number of carbonyl (C=O) groups is 1. The topological polar surface area (TPSA) is 92.3 Å². The highest BCUT2D eigenvalue weighted by atomic mass is 35.5. The molecule has 1 aromatic heterocycles. The molecule has 6 nitrogen and oxygen atoms in total. The van der Waals surface area contributed by atoms with Crippen molar-refractivity contribution < 1.29 is 14.6 Å². The average molecular weight is 507 g/mol.